The molecule has 0 aromatic heterocycles. The molecule has 2 aromatic carbocycles. The number of nitrogens with one attached hydrogen (secondary N) is 1. The monoisotopic (exact) mass is 354 g/mol. The molecule has 0 saturated heterocycles. The second-order valence-electron chi connectivity index (χ2n) is 6.56. The van der Waals surface area contributed by atoms with Crippen LogP contribution < -0.4 is 10.2 Å². The van der Waals surface area contributed by atoms with Crippen molar-refractivity contribution >= 4 is 17.5 Å². The highest BCUT2D eigenvalue weighted by molar-refractivity contribution is 6.14. The lowest BCUT2D eigenvalue weighted by atomic mass is 10.0. The number of amides is 2. The molecule has 26 heavy (non-hydrogen) atoms. The fourth-order valence-electron chi connectivity index (χ4n) is 3.15. The molecular formula is C21H23FN2O2. The van der Waals surface area contributed by atoms with Gasteiger partial charge in [0.1, 0.15) is 11.2 Å². The first-order chi connectivity index (χ1) is 12.6. The summed E-state index contributed by atoms with van der Waals surface area (Å²) in [6, 6.07) is 15.9. The summed E-state index contributed by atoms with van der Waals surface area (Å²) in [4.78, 5) is 27.3. The number of hydrogen-bond acceptors (Lipinski definition) is 2. The Hall–Kier alpha value is -2.69. The van der Waals surface area contributed by atoms with E-state index < -0.39 is 5.41 Å². The third kappa shape index (κ3) is 3.62. The van der Waals surface area contributed by atoms with Crippen LogP contribution in [0.15, 0.2) is 54.6 Å². The van der Waals surface area contributed by atoms with Crippen molar-refractivity contribution in [2.24, 2.45) is 5.41 Å². The molecule has 0 heterocycles. The van der Waals surface area contributed by atoms with Crippen molar-refractivity contribution in [3.05, 3.63) is 66.0 Å². The minimum atomic E-state index is -0.971. The molecular weight excluding hydrogens is 331 g/mol. The van der Waals surface area contributed by atoms with Crippen LogP contribution in [0.2, 0.25) is 0 Å². The van der Waals surface area contributed by atoms with Crippen molar-refractivity contribution < 1.29 is 14.0 Å². The SMILES string of the molecule is CCN(C(=O)C1(C(=O)NCCc2ccccc2F)CC1)c1ccccc1. The van der Waals surface area contributed by atoms with E-state index in [4.69, 9.17) is 0 Å². The van der Waals surface area contributed by atoms with Gasteiger partial charge >= 0.3 is 0 Å². The van der Waals surface area contributed by atoms with E-state index in [0.29, 0.717) is 37.9 Å². The molecule has 1 aliphatic carbocycles. The van der Waals surface area contributed by atoms with Crippen LogP contribution in [-0.4, -0.2) is 24.9 Å². The van der Waals surface area contributed by atoms with Crippen LogP contribution in [0.4, 0.5) is 10.1 Å². The van der Waals surface area contributed by atoms with Crippen LogP contribution in [0.25, 0.3) is 0 Å². The molecule has 2 aromatic rings. The summed E-state index contributed by atoms with van der Waals surface area (Å²) in [5.74, 6) is -0.692. The van der Waals surface area contributed by atoms with Gasteiger partial charge in [0.15, 0.2) is 0 Å². The minimum Gasteiger partial charge on any atom is -0.355 e. The zero-order chi connectivity index (χ0) is 18.6. The smallest absolute Gasteiger partial charge is 0.242 e. The first-order valence-corrected chi connectivity index (χ1v) is 8.97. The van der Waals surface area contributed by atoms with Crippen molar-refractivity contribution in [1.29, 1.82) is 0 Å². The summed E-state index contributed by atoms with van der Waals surface area (Å²) >= 11 is 0. The van der Waals surface area contributed by atoms with Gasteiger partial charge in [0, 0.05) is 18.8 Å². The van der Waals surface area contributed by atoms with E-state index in [1.165, 1.54) is 6.07 Å². The molecule has 0 bridgehead atoms. The molecule has 1 fully saturated rings. The number of carbonyl (C=O) groups excluding carboxylic acids is 2. The van der Waals surface area contributed by atoms with Gasteiger partial charge in [-0.3, -0.25) is 9.59 Å². The number of halogens is 1. The van der Waals surface area contributed by atoms with E-state index in [0.717, 1.165) is 5.69 Å². The highest BCUT2D eigenvalue weighted by Crippen LogP contribution is 2.48. The molecule has 136 valence electrons. The van der Waals surface area contributed by atoms with Gasteiger partial charge in [-0.1, -0.05) is 36.4 Å². The van der Waals surface area contributed by atoms with Gasteiger partial charge in [0.25, 0.3) is 0 Å². The molecule has 2 amide bonds. The van der Waals surface area contributed by atoms with Crippen LogP contribution in [0.5, 0.6) is 0 Å². The number of para-hydroxylation sites is 1. The van der Waals surface area contributed by atoms with E-state index >= 15 is 0 Å². The normalized spacial score (nSPS) is 14.5. The lowest BCUT2D eigenvalue weighted by Gasteiger charge is -2.26. The van der Waals surface area contributed by atoms with Crippen LogP contribution in [-0.2, 0) is 16.0 Å². The van der Waals surface area contributed by atoms with E-state index in [9.17, 15) is 14.0 Å². The van der Waals surface area contributed by atoms with Gasteiger partial charge in [0.05, 0.1) is 0 Å². The Morgan fingerprint density at radius 1 is 1.08 bits per heavy atom. The van der Waals surface area contributed by atoms with Gasteiger partial charge in [-0.25, -0.2) is 4.39 Å². The van der Waals surface area contributed by atoms with Crippen LogP contribution in [0.1, 0.15) is 25.3 Å². The molecule has 0 radical (unpaired) electrons. The summed E-state index contributed by atoms with van der Waals surface area (Å²) in [7, 11) is 0. The van der Waals surface area contributed by atoms with Gasteiger partial charge < -0.3 is 10.2 Å². The maximum Gasteiger partial charge on any atom is 0.242 e. The van der Waals surface area contributed by atoms with Crippen LogP contribution in [0, 0.1) is 11.2 Å². The second-order valence-corrected chi connectivity index (χ2v) is 6.56. The lowest BCUT2D eigenvalue weighted by molar-refractivity contribution is -0.135. The Labute approximate surface area is 153 Å². The Morgan fingerprint density at radius 3 is 2.35 bits per heavy atom. The highest BCUT2D eigenvalue weighted by atomic mass is 19.1. The number of benzene rings is 2. The molecule has 0 unspecified atom stereocenters. The topological polar surface area (TPSA) is 49.4 Å². The average molecular weight is 354 g/mol. The van der Waals surface area contributed by atoms with Crippen molar-refractivity contribution in [3.8, 4) is 0 Å². The zero-order valence-electron chi connectivity index (χ0n) is 14.9. The molecule has 5 heteroatoms. The fraction of sp³-hybridized carbons (Fsp3) is 0.333. The number of nitrogens with zero attached hydrogens (tertiary/aromatic N) is 1. The molecule has 0 aliphatic heterocycles. The Balaban J connectivity index is 1.63. The Kier molecular flexibility index (Phi) is 5.35. The predicted molar refractivity (Wildman–Crippen MR) is 99.2 cm³/mol. The Bertz CT molecular complexity index is 788. The van der Waals surface area contributed by atoms with Crippen molar-refractivity contribution in [2.45, 2.75) is 26.2 Å². The van der Waals surface area contributed by atoms with Gasteiger partial charge in [-0.15, -0.1) is 0 Å². The first kappa shape index (κ1) is 18.1. The lowest BCUT2D eigenvalue weighted by Crippen LogP contribution is -2.45. The summed E-state index contributed by atoms with van der Waals surface area (Å²) < 4.78 is 13.7. The molecule has 1 N–H and O–H groups in total. The van der Waals surface area contributed by atoms with Crippen molar-refractivity contribution in [1.82, 2.24) is 5.32 Å². The Morgan fingerprint density at radius 2 is 1.73 bits per heavy atom. The average Bonchev–Trinajstić information content (AvgIpc) is 3.47. The second kappa shape index (κ2) is 7.68. The van der Waals surface area contributed by atoms with Gasteiger partial charge in [-0.05, 0) is 49.9 Å². The van der Waals surface area contributed by atoms with Crippen molar-refractivity contribution in [2.75, 3.05) is 18.0 Å². The first-order valence-electron chi connectivity index (χ1n) is 8.97. The van der Waals surface area contributed by atoms with Crippen molar-refractivity contribution in [3.63, 3.8) is 0 Å². The van der Waals surface area contributed by atoms with Crippen LogP contribution in [0.3, 0.4) is 0 Å². The third-order valence-corrected chi connectivity index (χ3v) is 4.86. The zero-order valence-corrected chi connectivity index (χ0v) is 14.9. The maximum absolute atomic E-state index is 13.7. The molecule has 4 nitrogen and oxygen atoms in total. The molecule has 0 spiro atoms. The maximum atomic E-state index is 13.7. The van der Waals surface area contributed by atoms with E-state index in [1.807, 2.05) is 37.3 Å². The standard InChI is InChI=1S/C21H23FN2O2/c1-2-24(17-9-4-3-5-10-17)20(26)21(13-14-21)19(25)23-15-12-16-8-6-7-11-18(16)22/h3-11H,2,12-15H2,1H3,(H,23,25). The number of anilines is 1. The van der Waals surface area contributed by atoms with Gasteiger partial charge in [-0.2, -0.15) is 0 Å². The molecule has 3 rings (SSSR count). The number of rotatable bonds is 7. The van der Waals surface area contributed by atoms with Gasteiger partial charge in [0.2, 0.25) is 11.8 Å². The minimum absolute atomic E-state index is 0.158. The van der Waals surface area contributed by atoms with E-state index in [1.54, 1.807) is 23.1 Å². The molecule has 0 atom stereocenters. The van der Waals surface area contributed by atoms with Crippen LogP contribution >= 0.6 is 0 Å². The van der Waals surface area contributed by atoms with E-state index in [-0.39, 0.29) is 17.6 Å². The quantitative estimate of drug-likeness (QED) is 0.776. The predicted octanol–water partition coefficient (Wildman–Crippen LogP) is 3.32. The highest BCUT2D eigenvalue weighted by Gasteiger charge is 2.57. The summed E-state index contributed by atoms with van der Waals surface area (Å²) in [5, 5.41) is 2.82. The summed E-state index contributed by atoms with van der Waals surface area (Å²) in [6.45, 7) is 2.72. The largest absolute Gasteiger partial charge is 0.355 e. The molecule has 1 saturated carbocycles. The number of hydrogen-bond donors (Lipinski definition) is 1. The summed E-state index contributed by atoms with van der Waals surface area (Å²) in [5.41, 5.74) is 0.384. The summed E-state index contributed by atoms with van der Waals surface area (Å²) in [6.07, 6.45) is 1.51. The molecule has 1 aliphatic rings. The number of carbonyl (C=O) groups is 2. The third-order valence-electron chi connectivity index (χ3n) is 4.86. The fourth-order valence-corrected chi connectivity index (χ4v) is 3.15. The van der Waals surface area contributed by atoms with E-state index in [2.05, 4.69) is 5.32 Å².